The normalized spacial score (nSPS) is 21.8. The fourth-order valence-electron chi connectivity index (χ4n) is 4.34. The lowest BCUT2D eigenvalue weighted by molar-refractivity contribution is -0.137. The van der Waals surface area contributed by atoms with Crippen LogP contribution in [0, 0.1) is 5.92 Å². The van der Waals surface area contributed by atoms with E-state index in [1.165, 1.54) is 0 Å². The summed E-state index contributed by atoms with van der Waals surface area (Å²) in [5.41, 5.74) is 0.691. The predicted molar refractivity (Wildman–Crippen MR) is 115 cm³/mol. The van der Waals surface area contributed by atoms with Gasteiger partial charge in [0.15, 0.2) is 6.61 Å². The maximum atomic E-state index is 12.8. The largest absolute Gasteiger partial charge is 0.484 e. The molecule has 2 saturated heterocycles. The van der Waals surface area contributed by atoms with E-state index < -0.39 is 0 Å². The van der Waals surface area contributed by atoms with E-state index in [2.05, 4.69) is 10.3 Å². The number of carbonyl (C=O) groups is 2. The highest BCUT2D eigenvalue weighted by atomic mass is 35.5. The number of aryl methyl sites for hydroxylation is 1. The monoisotopic (exact) mass is 447 g/mol. The van der Waals surface area contributed by atoms with Gasteiger partial charge in [-0.15, -0.1) is 0 Å². The minimum Gasteiger partial charge on any atom is -0.484 e. The summed E-state index contributed by atoms with van der Waals surface area (Å²) in [6.07, 6.45) is 4.52. The molecule has 2 amide bonds. The Morgan fingerprint density at radius 3 is 2.63 bits per heavy atom. The molecule has 2 aliphatic heterocycles. The van der Waals surface area contributed by atoms with Crippen molar-refractivity contribution in [2.24, 2.45) is 5.92 Å². The molecule has 3 aliphatic rings. The summed E-state index contributed by atoms with van der Waals surface area (Å²) in [6, 6.07) is 10.5. The summed E-state index contributed by atoms with van der Waals surface area (Å²) in [6.45, 7) is 1.19. The van der Waals surface area contributed by atoms with Crippen LogP contribution in [0.5, 0.6) is 5.75 Å². The molecule has 0 unspecified atom stereocenters. The number of halogens is 2. The van der Waals surface area contributed by atoms with Crippen LogP contribution in [0.4, 0.5) is 0 Å². The van der Waals surface area contributed by atoms with Crippen molar-refractivity contribution in [1.29, 1.82) is 0 Å². The predicted octanol–water partition coefficient (Wildman–Crippen LogP) is 3.51. The first-order valence-electron chi connectivity index (χ1n) is 9.99. The number of nitrogens with zero attached hydrogens (tertiary/aromatic N) is 2. The van der Waals surface area contributed by atoms with Crippen molar-refractivity contribution < 1.29 is 14.3 Å². The lowest BCUT2D eigenvalue weighted by atomic mass is 9.73. The molecule has 6 nitrogen and oxygen atoms in total. The molecule has 1 aromatic carbocycles. The molecule has 8 heteroatoms. The average Bonchev–Trinajstić information content (AvgIpc) is 3.27. The third-order valence-corrected chi connectivity index (χ3v) is 6.35. The first kappa shape index (κ1) is 20.9. The van der Waals surface area contributed by atoms with Crippen molar-refractivity contribution in [2.75, 3.05) is 19.7 Å². The van der Waals surface area contributed by atoms with Gasteiger partial charge in [0.2, 0.25) is 5.91 Å². The van der Waals surface area contributed by atoms with Crippen molar-refractivity contribution >= 4 is 35.0 Å². The smallest absolute Gasteiger partial charge is 0.261 e. The number of amides is 2. The van der Waals surface area contributed by atoms with E-state index in [4.69, 9.17) is 27.9 Å². The minimum atomic E-state index is -0.275. The van der Waals surface area contributed by atoms with E-state index in [9.17, 15) is 9.59 Å². The highest BCUT2D eigenvalue weighted by Gasteiger charge is 2.57. The Hall–Kier alpha value is -2.31. The summed E-state index contributed by atoms with van der Waals surface area (Å²) in [7, 11) is 0. The highest BCUT2D eigenvalue weighted by molar-refractivity contribution is 6.30. The molecule has 3 fully saturated rings. The van der Waals surface area contributed by atoms with Crippen LogP contribution in [0.2, 0.25) is 10.2 Å². The molecule has 2 bridgehead atoms. The first-order chi connectivity index (χ1) is 14.4. The number of aromatic nitrogens is 1. The molecule has 1 saturated carbocycles. The maximum Gasteiger partial charge on any atom is 0.261 e. The number of nitrogens with one attached hydrogen (secondary N) is 1. The summed E-state index contributed by atoms with van der Waals surface area (Å²) in [5.74, 6) is 1.05. The molecule has 3 heterocycles. The van der Waals surface area contributed by atoms with Gasteiger partial charge in [0.05, 0.1) is 5.54 Å². The second-order valence-corrected chi connectivity index (χ2v) is 8.84. The van der Waals surface area contributed by atoms with Crippen molar-refractivity contribution in [3.8, 4) is 5.75 Å². The van der Waals surface area contributed by atoms with E-state index in [-0.39, 0.29) is 24.0 Å². The third-order valence-electron chi connectivity index (χ3n) is 5.87. The van der Waals surface area contributed by atoms with E-state index in [1.54, 1.807) is 36.5 Å². The Morgan fingerprint density at radius 2 is 1.93 bits per heavy atom. The van der Waals surface area contributed by atoms with Gasteiger partial charge in [0.1, 0.15) is 10.9 Å². The molecular formula is C22H23Cl2N3O3. The van der Waals surface area contributed by atoms with Crippen LogP contribution in [0.3, 0.4) is 0 Å². The molecule has 1 aliphatic carbocycles. The van der Waals surface area contributed by atoms with E-state index in [0.29, 0.717) is 41.2 Å². The Labute approximate surface area is 185 Å². The molecule has 0 atom stereocenters. The maximum absolute atomic E-state index is 12.8. The van der Waals surface area contributed by atoms with Crippen molar-refractivity contribution in [2.45, 2.75) is 31.2 Å². The molecule has 158 valence electrons. The van der Waals surface area contributed by atoms with Gasteiger partial charge in [0.25, 0.3) is 5.91 Å². The Balaban J connectivity index is 1.25. The fraction of sp³-hybridized carbons (Fsp3) is 0.409. The summed E-state index contributed by atoms with van der Waals surface area (Å²) >= 11 is 11.7. The zero-order valence-electron chi connectivity index (χ0n) is 16.4. The number of hydrogen-bond donors (Lipinski definition) is 1. The standard InChI is InChI=1S/C22H23Cl2N3O3/c23-17-3-5-18(6-4-17)30-13-21(29)27-12-16-9-22(27,10-16)14-26-20(28)8-2-15-1-7-19(24)25-11-15/h1,3-7,11,16H,2,8-10,12-14H2,(H,26,28). The average molecular weight is 448 g/mol. The second-order valence-electron chi connectivity index (χ2n) is 8.01. The van der Waals surface area contributed by atoms with Crippen LogP contribution in [0.15, 0.2) is 42.6 Å². The van der Waals surface area contributed by atoms with Crippen LogP contribution in [-0.4, -0.2) is 46.9 Å². The van der Waals surface area contributed by atoms with E-state index in [1.807, 2.05) is 11.0 Å². The number of hydrogen-bond acceptors (Lipinski definition) is 4. The summed E-state index contributed by atoms with van der Waals surface area (Å²) < 4.78 is 5.62. The van der Waals surface area contributed by atoms with Crippen LogP contribution in [0.1, 0.15) is 24.8 Å². The zero-order valence-corrected chi connectivity index (χ0v) is 18.0. The quantitative estimate of drug-likeness (QED) is 0.628. The summed E-state index contributed by atoms with van der Waals surface area (Å²) in [5, 5.41) is 4.07. The Bertz CT molecular complexity index is 912. The van der Waals surface area contributed by atoms with E-state index in [0.717, 1.165) is 24.9 Å². The van der Waals surface area contributed by atoms with Crippen LogP contribution in [-0.2, 0) is 16.0 Å². The molecule has 0 spiro atoms. The van der Waals surface area contributed by atoms with Crippen molar-refractivity contribution in [3.05, 3.63) is 58.3 Å². The molecular weight excluding hydrogens is 425 g/mol. The third kappa shape index (κ3) is 4.71. The number of rotatable bonds is 8. The van der Waals surface area contributed by atoms with Gasteiger partial charge in [-0.2, -0.15) is 0 Å². The van der Waals surface area contributed by atoms with Gasteiger partial charge in [-0.25, -0.2) is 4.98 Å². The van der Waals surface area contributed by atoms with Crippen LogP contribution < -0.4 is 10.1 Å². The SMILES string of the molecule is O=C(CCc1ccc(Cl)nc1)NCC12CC(CN1C(=O)COc1ccc(Cl)cc1)C2. The minimum absolute atomic E-state index is 0.0202. The number of fused-ring (bicyclic) bond motifs is 1. The number of benzene rings is 1. The molecule has 30 heavy (non-hydrogen) atoms. The van der Waals surface area contributed by atoms with Gasteiger partial charge in [-0.3, -0.25) is 9.59 Å². The fourth-order valence-corrected chi connectivity index (χ4v) is 4.58. The van der Waals surface area contributed by atoms with Crippen molar-refractivity contribution in [3.63, 3.8) is 0 Å². The number of pyridine rings is 1. The molecule has 1 aromatic heterocycles. The highest BCUT2D eigenvalue weighted by Crippen LogP contribution is 2.50. The van der Waals surface area contributed by atoms with Gasteiger partial charge in [-0.1, -0.05) is 29.3 Å². The zero-order chi connectivity index (χ0) is 21.1. The molecule has 0 radical (unpaired) electrons. The molecule has 2 aromatic rings. The van der Waals surface area contributed by atoms with Crippen LogP contribution >= 0.6 is 23.2 Å². The topological polar surface area (TPSA) is 71.5 Å². The Morgan fingerprint density at radius 1 is 1.17 bits per heavy atom. The van der Waals surface area contributed by atoms with Crippen molar-refractivity contribution in [1.82, 2.24) is 15.2 Å². The lowest BCUT2D eigenvalue weighted by Gasteiger charge is -2.42. The van der Waals surface area contributed by atoms with Gasteiger partial charge in [-0.05, 0) is 61.1 Å². The van der Waals surface area contributed by atoms with Gasteiger partial charge in [0, 0.05) is 30.7 Å². The Kier molecular flexibility index (Phi) is 6.16. The number of ether oxygens (including phenoxy) is 1. The summed E-state index contributed by atoms with van der Waals surface area (Å²) in [4.78, 5) is 31.0. The first-order valence-corrected chi connectivity index (χ1v) is 10.8. The molecule has 5 rings (SSSR count). The van der Waals surface area contributed by atoms with Gasteiger partial charge < -0.3 is 15.0 Å². The van der Waals surface area contributed by atoms with Crippen LogP contribution in [0.25, 0.3) is 0 Å². The van der Waals surface area contributed by atoms with Gasteiger partial charge >= 0.3 is 0 Å². The lowest BCUT2D eigenvalue weighted by Crippen LogP contribution is -2.56. The molecule has 1 N–H and O–H groups in total. The van der Waals surface area contributed by atoms with E-state index >= 15 is 0 Å². The second kappa shape index (κ2) is 8.82. The number of carbonyl (C=O) groups excluding carboxylic acids is 2.